The SMILES string of the molecule is N#CC1=C(N)Oc2cc(OC(=O)COc3ccc(Cl)cc3Cl)ccc2C1c1ccc(OCc2ccc(F)cc2)cc1. The second-order valence-corrected chi connectivity index (χ2v) is 9.79. The van der Waals surface area contributed by atoms with E-state index in [9.17, 15) is 14.4 Å². The lowest BCUT2D eigenvalue weighted by molar-refractivity contribution is -0.136. The summed E-state index contributed by atoms with van der Waals surface area (Å²) < 4.78 is 35.5. The Hall–Kier alpha value is -4.71. The number of nitrogens with zero attached hydrogens (tertiary/aromatic N) is 1. The smallest absolute Gasteiger partial charge is 0.349 e. The van der Waals surface area contributed by atoms with Crippen molar-refractivity contribution >= 4 is 29.2 Å². The summed E-state index contributed by atoms with van der Waals surface area (Å²) in [7, 11) is 0. The number of esters is 1. The van der Waals surface area contributed by atoms with Crippen LogP contribution >= 0.6 is 23.2 Å². The second kappa shape index (κ2) is 12.2. The van der Waals surface area contributed by atoms with Crippen molar-refractivity contribution in [3.05, 3.63) is 129 Å². The van der Waals surface area contributed by atoms with Gasteiger partial charge in [-0.1, -0.05) is 53.5 Å². The zero-order valence-electron chi connectivity index (χ0n) is 21.3. The number of hydrogen-bond acceptors (Lipinski definition) is 7. The molecule has 1 unspecified atom stereocenters. The number of fused-ring (bicyclic) bond motifs is 1. The molecule has 0 radical (unpaired) electrons. The molecule has 7 nitrogen and oxygen atoms in total. The third-order valence-electron chi connectivity index (χ3n) is 6.19. The molecule has 0 aliphatic carbocycles. The molecule has 0 aromatic heterocycles. The highest BCUT2D eigenvalue weighted by molar-refractivity contribution is 6.35. The van der Waals surface area contributed by atoms with Crippen molar-refractivity contribution < 1.29 is 28.1 Å². The van der Waals surface area contributed by atoms with Crippen molar-refractivity contribution in [1.29, 1.82) is 5.26 Å². The molecule has 2 N–H and O–H groups in total. The lowest BCUT2D eigenvalue weighted by atomic mass is 9.83. The Morgan fingerprint density at radius 2 is 1.68 bits per heavy atom. The summed E-state index contributed by atoms with van der Waals surface area (Å²) >= 11 is 12.0. The highest BCUT2D eigenvalue weighted by Gasteiger charge is 2.31. The Morgan fingerprint density at radius 1 is 0.951 bits per heavy atom. The van der Waals surface area contributed by atoms with Gasteiger partial charge in [0.2, 0.25) is 5.88 Å². The Labute approximate surface area is 245 Å². The van der Waals surface area contributed by atoms with Crippen molar-refractivity contribution in [2.75, 3.05) is 6.61 Å². The van der Waals surface area contributed by atoms with Gasteiger partial charge in [-0.15, -0.1) is 0 Å². The van der Waals surface area contributed by atoms with Gasteiger partial charge in [0, 0.05) is 16.7 Å². The van der Waals surface area contributed by atoms with Gasteiger partial charge in [0.1, 0.15) is 47.1 Å². The molecular weight excluding hydrogens is 570 g/mol. The van der Waals surface area contributed by atoms with Gasteiger partial charge >= 0.3 is 5.97 Å². The summed E-state index contributed by atoms with van der Waals surface area (Å²) in [5.41, 5.74) is 8.62. The van der Waals surface area contributed by atoms with Crippen molar-refractivity contribution in [2.24, 2.45) is 5.73 Å². The molecule has 0 saturated carbocycles. The van der Waals surface area contributed by atoms with Crippen molar-refractivity contribution in [3.63, 3.8) is 0 Å². The van der Waals surface area contributed by atoms with E-state index in [-0.39, 0.29) is 34.7 Å². The van der Waals surface area contributed by atoms with Crippen LogP contribution in [0.15, 0.2) is 96.4 Å². The highest BCUT2D eigenvalue weighted by atomic mass is 35.5. The van der Waals surface area contributed by atoms with Gasteiger partial charge in [-0.3, -0.25) is 0 Å². The molecule has 1 atom stereocenters. The number of carbonyl (C=O) groups is 1. The van der Waals surface area contributed by atoms with Crippen LogP contribution in [0.4, 0.5) is 4.39 Å². The molecule has 10 heteroatoms. The summed E-state index contributed by atoms with van der Waals surface area (Å²) in [6.45, 7) is -0.118. The maximum atomic E-state index is 13.1. The van der Waals surface area contributed by atoms with Crippen molar-refractivity contribution in [3.8, 4) is 29.1 Å². The molecule has 0 bridgehead atoms. The number of ether oxygens (including phenoxy) is 4. The van der Waals surface area contributed by atoms with Crippen LogP contribution in [0.2, 0.25) is 10.0 Å². The fourth-order valence-corrected chi connectivity index (χ4v) is 4.70. The first-order valence-electron chi connectivity index (χ1n) is 12.3. The van der Waals surface area contributed by atoms with Crippen LogP contribution in [0.25, 0.3) is 0 Å². The summed E-state index contributed by atoms with van der Waals surface area (Å²) in [5, 5.41) is 10.6. The van der Waals surface area contributed by atoms with Gasteiger partial charge in [-0.25, -0.2) is 9.18 Å². The van der Waals surface area contributed by atoms with E-state index in [1.54, 1.807) is 48.5 Å². The van der Waals surface area contributed by atoms with Crippen LogP contribution in [-0.4, -0.2) is 12.6 Å². The summed E-state index contributed by atoms with van der Waals surface area (Å²) in [5.74, 6) is -0.106. The predicted molar refractivity (Wildman–Crippen MR) is 151 cm³/mol. The Morgan fingerprint density at radius 3 is 2.39 bits per heavy atom. The predicted octanol–water partition coefficient (Wildman–Crippen LogP) is 6.91. The number of nitriles is 1. The van der Waals surface area contributed by atoms with E-state index in [0.717, 1.165) is 11.1 Å². The average Bonchev–Trinajstić information content (AvgIpc) is 2.96. The van der Waals surface area contributed by atoms with Crippen LogP contribution in [0, 0.1) is 17.1 Å². The molecular formula is C31H21Cl2FN2O5. The third-order valence-corrected chi connectivity index (χ3v) is 6.72. The van der Waals surface area contributed by atoms with Gasteiger partial charge < -0.3 is 24.7 Å². The minimum Gasteiger partial charge on any atom is -0.489 e. The number of nitrogens with two attached hydrogens (primary N) is 1. The van der Waals surface area contributed by atoms with Crippen LogP contribution in [-0.2, 0) is 11.4 Å². The number of rotatable bonds is 8. The number of hydrogen-bond donors (Lipinski definition) is 1. The van der Waals surface area contributed by atoms with Crippen LogP contribution < -0.4 is 24.7 Å². The topological polar surface area (TPSA) is 104 Å². The molecule has 41 heavy (non-hydrogen) atoms. The molecule has 4 aromatic carbocycles. The number of allylic oxidation sites excluding steroid dienone is 1. The summed E-state index contributed by atoms with van der Waals surface area (Å²) in [6.07, 6.45) is 0. The zero-order chi connectivity index (χ0) is 28.9. The lowest BCUT2D eigenvalue weighted by Gasteiger charge is -2.26. The van der Waals surface area contributed by atoms with Gasteiger partial charge in [-0.05, 0) is 59.7 Å². The normalized spacial score (nSPS) is 14.0. The molecule has 1 aliphatic heterocycles. The number of carbonyl (C=O) groups excluding carboxylic acids is 1. The molecule has 0 fully saturated rings. The minimum atomic E-state index is -0.666. The van der Waals surface area contributed by atoms with Gasteiger partial charge in [-0.2, -0.15) is 5.26 Å². The Kier molecular flexibility index (Phi) is 8.29. The molecule has 0 amide bonds. The first-order valence-corrected chi connectivity index (χ1v) is 13.0. The van der Waals surface area contributed by atoms with Crippen molar-refractivity contribution in [2.45, 2.75) is 12.5 Å². The molecule has 0 saturated heterocycles. The second-order valence-electron chi connectivity index (χ2n) is 8.95. The summed E-state index contributed by atoms with van der Waals surface area (Å²) in [6, 6.07) is 24.9. The quantitative estimate of drug-likeness (QED) is 0.175. The number of benzene rings is 4. The minimum absolute atomic E-state index is 0.0502. The van der Waals surface area contributed by atoms with Crippen molar-refractivity contribution in [1.82, 2.24) is 0 Å². The fourth-order valence-electron chi connectivity index (χ4n) is 4.24. The Bertz CT molecular complexity index is 1670. The van der Waals surface area contributed by atoms with Gasteiger partial charge in [0.25, 0.3) is 0 Å². The molecule has 0 spiro atoms. The van der Waals surface area contributed by atoms with E-state index < -0.39 is 18.5 Å². The van der Waals surface area contributed by atoms with E-state index in [4.69, 9.17) is 47.9 Å². The van der Waals surface area contributed by atoms with E-state index in [1.807, 2.05) is 12.1 Å². The van der Waals surface area contributed by atoms with Gasteiger partial charge in [0.15, 0.2) is 6.61 Å². The van der Waals surface area contributed by atoms with Crippen LogP contribution in [0.3, 0.4) is 0 Å². The molecule has 206 valence electrons. The molecule has 5 rings (SSSR count). The average molecular weight is 591 g/mol. The molecule has 1 heterocycles. The Balaban J connectivity index is 1.29. The zero-order valence-corrected chi connectivity index (χ0v) is 22.8. The van der Waals surface area contributed by atoms with E-state index in [1.165, 1.54) is 24.3 Å². The summed E-state index contributed by atoms with van der Waals surface area (Å²) in [4.78, 5) is 12.4. The van der Waals surface area contributed by atoms with E-state index in [0.29, 0.717) is 27.8 Å². The first-order chi connectivity index (χ1) is 19.8. The number of halogens is 3. The fraction of sp³-hybridized carbons (Fsp3) is 0.0968. The standard InChI is InChI=1S/C31H21Cl2FN2O5/c32-20-5-12-27(26(33)13-20)39-17-29(37)40-23-10-11-24-28(14-23)41-31(36)25(15-35)30(24)19-3-8-22(9-4-19)38-16-18-1-6-21(34)7-2-18/h1-14,30H,16-17,36H2. The van der Waals surface area contributed by atoms with Crippen LogP contribution in [0.5, 0.6) is 23.0 Å². The van der Waals surface area contributed by atoms with E-state index >= 15 is 0 Å². The highest BCUT2D eigenvalue weighted by Crippen LogP contribution is 2.43. The first kappa shape index (κ1) is 27.8. The van der Waals surface area contributed by atoms with Crippen LogP contribution in [0.1, 0.15) is 22.6 Å². The van der Waals surface area contributed by atoms with E-state index in [2.05, 4.69) is 6.07 Å². The largest absolute Gasteiger partial charge is 0.489 e. The lowest BCUT2D eigenvalue weighted by Crippen LogP contribution is -2.21. The monoisotopic (exact) mass is 590 g/mol. The van der Waals surface area contributed by atoms with Gasteiger partial charge in [0.05, 0.1) is 10.9 Å². The maximum absolute atomic E-state index is 13.1. The third kappa shape index (κ3) is 6.55. The molecule has 1 aliphatic rings. The molecule has 4 aromatic rings. The maximum Gasteiger partial charge on any atom is 0.349 e.